The lowest BCUT2D eigenvalue weighted by Gasteiger charge is -1.96. The SMILES string of the molecule is [C-]#[N+]c1cccc(NC=O)c1. The van der Waals surface area contributed by atoms with Crippen LogP contribution in [0.5, 0.6) is 0 Å². The molecule has 1 aromatic rings. The van der Waals surface area contributed by atoms with E-state index in [0.29, 0.717) is 17.8 Å². The van der Waals surface area contributed by atoms with Crippen LogP contribution in [0.15, 0.2) is 24.3 Å². The standard InChI is InChI=1S/C8H6N2O/c1-9-7-3-2-4-8(5-7)10-6-11/h2-6H,(H,10,11). The van der Waals surface area contributed by atoms with Crippen LogP contribution in [-0.4, -0.2) is 6.41 Å². The summed E-state index contributed by atoms with van der Waals surface area (Å²) in [7, 11) is 0. The van der Waals surface area contributed by atoms with Gasteiger partial charge in [-0.3, -0.25) is 4.79 Å². The molecule has 0 saturated heterocycles. The van der Waals surface area contributed by atoms with Crippen LogP contribution in [0.2, 0.25) is 0 Å². The van der Waals surface area contributed by atoms with Crippen LogP contribution in [0.1, 0.15) is 0 Å². The number of benzene rings is 1. The maximum absolute atomic E-state index is 9.99. The molecule has 0 unspecified atom stereocenters. The van der Waals surface area contributed by atoms with Crippen LogP contribution in [-0.2, 0) is 4.79 Å². The number of hydrogen-bond acceptors (Lipinski definition) is 1. The first-order valence-electron chi connectivity index (χ1n) is 3.04. The summed E-state index contributed by atoms with van der Waals surface area (Å²) in [5, 5.41) is 2.46. The number of rotatable bonds is 2. The van der Waals surface area contributed by atoms with Gasteiger partial charge in [0.05, 0.1) is 6.57 Å². The van der Waals surface area contributed by atoms with Crippen LogP contribution in [0.3, 0.4) is 0 Å². The smallest absolute Gasteiger partial charge is 0.211 e. The van der Waals surface area contributed by atoms with Gasteiger partial charge in [-0.25, -0.2) is 4.85 Å². The van der Waals surface area contributed by atoms with E-state index in [4.69, 9.17) is 6.57 Å². The lowest BCUT2D eigenvalue weighted by Crippen LogP contribution is -1.91. The molecule has 1 amide bonds. The molecule has 0 aliphatic heterocycles. The average molecular weight is 146 g/mol. The first kappa shape index (κ1) is 7.29. The largest absolute Gasteiger partial charge is 0.330 e. The van der Waals surface area contributed by atoms with Crippen LogP contribution in [0.25, 0.3) is 4.85 Å². The summed E-state index contributed by atoms with van der Waals surface area (Å²) in [5.41, 5.74) is 1.17. The Kier molecular flexibility index (Phi) is 2.24. The van der Waals surface area contributed by atoms with Gasteiger partial charge in [-0.15, -0.1) is 0 Å². The summed E-state index contributed by atoms with van der Waals surface area (Å²) in [5.74, 6) is 0. The predicted molar refractivity (Wildman–Crippen MR) is 42.4 cm³/mol. The Bertz CT molecular complexity index is 301. The van der Waals surface area contributed by atoms with Crippen molar-refractivity contribution in [1.82, 2.24) is 0 Å². The number of nitrogens with one attached hydrogen (secondary N) is 1. The van der Waals surface area contributed by atoms with E-state index >= 15 is 0 Å². The Morgan fingerprint density at radius 1 is 1.55 bits per heavy atom. The summed E-state index contributed by atoms with van der Waals surface area (Å²) >= 11 is 0. The van der Waals surface area contributed by atoms with E-state index in [-0.39, 0.29) is 0 Å². The van der Waals surface area contributed by atoms with Gasteiger partial charge in [-0.05, 0) is 12.1 Å². The van der Waals surface area contributed by atoms with Gasteiger partial charge >= 0.3 is 0 Å². The monoisotopic (exact) mass is 146 g/mol. The molecule has 0 atom stereocenters. The minimum absolute atomic E-state index is 0.525. The second kappa shape index (κ2) is 3.37. The molecule has 0 radical (unpaired) electrons. The van der Waals surface area contributed by atoms with Crippen molar-refractivity contribution in [2.24, 2.45) is 0 Å². The van der Waals surface area contributed by atoms with E-state index in [2.05, 4.69) is 10.2 Å². The van der Waals surface area contributed by atoms with Gasteiger partial charge in [-0.2, -0.15) is 0 Å². The van der Waals surface area contributed by atoms with E-state index in [1.165, 1.54) is 0 Å². The van der Waals surface area contributed by atoms with Crippen molar-refractivity contribution in [1.29, 1.82) is 0 Å². The molecule has 3 nitrogen and oxygen atoms in total. The maximum Gasteiger partial charge on any atom is 0.211 e. The van der Waals surface area contributed by atoms with Crippen molar-refractivity contribution >= 4 is 17.8 Å². The zero-order valence-corrected chi connectivity index (χ0v) is 5.74. The van der Waals surface area contributed by atoms with Gasteiger partial charge < -0.3 is 5.32 Å². The van der Waals surface area contributed by atoms with E-state index in [1.54, 1.807) is 24.3 Å². The highest BCUT2D eigenvalue weighted by atomic mass is 16.1. The Balaban J connectivity index is 2.93. The van der Waals surface area contributed by atoms with Gasteiger partial charge in [0.25, 0.3) is 0 Å². The molecule has 0 aliphatic carbocycles. The summed E-state index contributed by atoms with van der Waals surface area (Å²) in [6.07, 6.45) is 0.586. The van der Waals surface area contributed by atoms with Gasteiger partial charge in [-0.1, -0.05) is 12.1 Å². The molecular weight excluding hydrogens is 140 g/mol. The Morgan fingerprint density at radius 3 is 3.00 bits per heavy atom. The van der Waals surface area contributed by atoms with Crippen molar-refractivity contribution in [3.05, 3.63) is 35.7 Å². The normalized spacial score (nSPS) is 8.27. The zero-order valence-electron chi connectivity index (χ0n) is 5.74. The summed E-state index contributed by atoms with van der Waals surface area (Å²) in [6, 6.07) is 6.74. The van der Waals surface area contributed by atoms with Crippen molar-refractivity contribution in [3.8, 4) is 0 Å². The van der Waals surface area contributed by atoms with E-state index in [1.807, 2.05) is 0 Å². The maximum atomic E-state index is 9.99. The van der Waals surface area contributed by atoms with Crippen LogP contribution >= 0.6 is 0 Å². The third-order valence-corrected chi connectivity index (χ3v) is 1.20. The Morgan fingerprint density at radius 2 is 2.36 bits per heavy atom. The highest BCUT2D eigenvalue weighted by molar-refractivity contribution is 5.73. The van der Waals surface area contributed by atoms with Crippen LogP contribution < -0.4 is 5.32 Å². The van der Waals surface area contributed by atoms with E-state index in [0.717, 1.165) is 0 Å². The molecular formula is C8H6N2O. The third kappa shape index (κ3) is 1.80. The van der Waals surface area contributed by atoms with Crippen molar-refractivity contribution < 1.29 is 4.79 Å². The molecule has 11 heavy (non-hydrogen) atoms. The van der Waals surface area contributed by atoms with Crippen molar-refractivity contribution in [2.45, 2.75) is 0 Å². The zero-order chi connectivity index (χ0) is 8.10. The predicted octanol–water partition coefficient (Wildman–Crippen LogP) is 1.81. The molecule has 1 aromatic carbocycles. The molecule has 1 rings (SSSR count). The third-order valence-electron chi connectivity index (χ3n) is 1.20. The minimum atomic E-state index is 0.525. The highest BCUT2D eigenvalue weighted by Crippen LogP contribution is 2.16. The Labute approximate surface area is 64.5 Å². The first-order chi connectivity index (χ1) is 5.36. The lowest BCUT2D eigenvalue weighted by atomic mass is 10.3. The molecule has 0 aromatic heterocycles. The number of amides is 1. The molecule has 1 N–H and O–H groups in total. The van der Waals surface area contributed by atoms with Crippen molar-refractivity contribution in [2.75, 3.05) is 5.32 Å². The molecule has 0 fully saturated rings. The number of nitrogens with zero attached hydrogens (tertiary/aromatic N) is 1. The quantitative estimate of drug-likeness (QED) is 0.501. The number of anilines is 1. The molecule has 54 valence electrons. The summed E-state index contributed by atoms with van der Waals surface area (Å²) in [4.78, 5) is 13.2. The fraction of sp³-hybridized carbons (Fsp3) is 0. The summed E-state index contributed by atoms with van der Waals surface area (Å²) < 4.78 is 0. The molecule has 3 heteroatoms. The molecule has 0 spiro atoms. The second-order valence-corrected chi connectivity index (χ2v) is 1.92. The lowest BCUT2D eigenvalue weighted by molar-refractivity contribution is -0.105. The summed E-state index contributed by atoms with van der Waals surface area (Å²) in [6.45, 7) is 6.68. The fourth-order valence-electron chi connectivity index (χ4n) is 0.733. The molecule has 0 saturated carbocycles. The van der Waals surface area contributed by atoms with E-state index < -0.39 is 0 Å². The highest BCUT2D eigenvalue weighted by Gasteiger charge is 1.91. The Hall–Kier alpha value is -1.82. The number of hydrogen-bond donors (Lipinski definition) is 1. The topological polar surface area (TPSA) is 33.5 Å². The van der Waals surface area contributed by atoms with Crippen LogP contribution in [0.4, 0.5) is 11.4 Å². The van der Waals surface area contributed by atoms with Gasteiger partial charge in [0.15, 0.2) is 5.69 Å². The average Bonchev–Trinajstić information content (AvgIpc) is 2.06. The minimum Gasteiger partial charge on any atom is -0.330 e. The van der Waals surface area contributed by atoms with Crippen molar-refractivity contribution in [3.63, 3.8) is 0 Å². The molecule has 0 bridgehead atoms. The number of carbonyl (C=O) groups is 1. The second-order valence-electron chi connectivity index (χ2n) is 1.92. The van der Waals surface area contributed by atoms with Gasteiger partial charge in [0.2, 0.25) is 6.41 Å². The van der Waals surface area contributed by atoms with Crippen LogP contribution in [0, 0.1) is 6.57 Å². The molecule has 0 heterocycles. The first-order valence-corrected chi connectivity index (χ1v) is 3.04. The van der Waals surface area contributed by atoms with E-state index in [9.17, 15) is 4.79 Å². The number of carbonyl (C=O) groups excluding carboxylic acids is 1. The molecule has 0 aliphatic rings. The van der Waals surface area contributed by atoms with Gasteiger partial charge in [0.1, 0.15) is 0 Å². The van der Waals surface area contributed by atoms with Gasteiger partial charge in [0, 0.05) is 5.69 Å². The fourth-order valence-corrected chi connectivity index (χ4v) is 0.733.